The Morgan fingerprint density at radius 1 is 1.21 bits per heavy atom. The van der Waals surface area contributed by atoms with Crippen LogP contribution in [0.3, 0.4) is 0 Å². The number of sulfonamides is 1. The third kappa shape index (κ3) is 4.24. The molecular formula is C16H18ClN3O3S. The third-order valence-electron chi connectivity index (χ3n) is 3.38. The van der Waals surface area contributed by atoms with Crippen molar-refractivity contribution in [3.63, 3.8) is 0 Å². The van der Waals surface area contributed by atoms with E-state index in [0.29, 0.717) is 16.3 Å². The first-order valence-corrected chi connectivity index (χ1v) is 9.01. The van der Waals surface area contributed by atoms with Crippen LogP contribution in [-0.4, -0.2) is 38.3 Å². The van der Waals surface area contributed by atoms with Crippen LogP contribution < -0.4 is 4.72 Å². The summed E-state index contributed by atoms with van der Waals surface area (Å²) in [6.07, 6.45) is 0.0960. The number of pyridine rings is 1. The number of likely N-dealkylation sites (N-methyl/N-ethyl adjacent to an activating group) is 1. The quantitative estimate of drug-likeness (QED) is 0.880. The molecule has 0 spiro atoms. The molecule has 0 unspecified atom stereocenters. The number of nitrogens with one attached hydrogen (secondary N) is 1. The molecule has 1 heterocycles. The van der Waals surface area contributed by atoms with Gasteiger partial charge in [-0.3, -0.25) is 9.52 Å². The highest BCUT2D eigenvalue weighted by Gasteiger charge is 2.19. The van der Waals surface area contributed by atoms with Gasteiger partial charge in [0.15, 0.2) is 0 Å². The second-order valence-electron chi connectivity index (χ2n) is 5.45. The number of benzene rings is 1. The van der Waals surface area contributed by atoms with Gasteiger partial charge in [0.05, 0.1) is 17.0 Å². The molecule has 0 aliphatic rings. The van der Waals surface area contributed by atoms with Gasteiger partial charge in [-0.2, -0.15) is 0 Å². The molecule has 0 aliphatic carbocycles. The highest BCUT2D eigenvalue weighted by atomic mass is 35.5. The van der Waals surface area contributed by atoms with Crippen LogP contribution in [0.15, 0.2) is 41.3 Å². The summed E-state index contributed by atoms with van der Waals surface area (Å²) < 4.78 is 27.5. The van der Waals surface area contributed by atoms with Crippen molar-refractivity contribution in [1.82, 2.24) is 9.88 Å². The van der Waals surface area contributed by atoms with Crippen molar-refractivity contribution in [1.29, 1.82) is 0 Å². The van der Waals surface area contributed by atoms with Crippen LogP contribution in [0.5, 0.6) is 0 Å². The number of amides is 1. The van der Waals surface area contributed by atoms with Crippen molar-refractivity contribution in [2.24, 2.45) is 0 Å². The van der Waals surface area contributed by atoms with Gasteiger partial charge in [-0.05, 0) is 36.8 Å². The number of hydrogen-bond acceptors (Lipinski definition) is 4. The minimum absolute atomic E-state index is 0.0894. The van der Waals surface area contributed by atoms with Crippen molar-refractivity contribution in [2.45, 2.75) is 18.2 Å². The van der Waals surface area contributed by atoms with E-state index in [0.717, 1.165) is 0 Å². The molecule has 0 saturated heterocycles. The standard InChI is InChI=1S/C16H18ClN3O3S/c1-11-13(17)7-5-8-14(11)24(22,23)19-15-9-4-6-12(18-15)10-16(21)20(2)3/h4-9H,10H2,1-3H3,(H,18,19). The Balaban J connectivity index is 2.27. The Morgan fingerprint density at radius 3 is 2.54 bits per heavy atom. The predicted octanol–water partition coefficient (Wildman–Crippen LogP) is 2.47. The van der Waals surface area contributed by atoms with Crippen molar-refractivity contribution < 1.29 is 13.2 Å². The first-order valence-electron chi connectivity index (χ1n) is 7.15. The highest BCUT2D eigenvalue weighted by Crippen LogP contribution is 2.24. The molecule has 1 aromatic heterocycles. The summed E-state index contributed by atoms with van der Waals surface area (Å²) in [6, 6.07) is 9.52. The minimum Gasteiger partial charge on any atom is -0.348 e. The molecule has 1 N–H and O–H groups in total. The van der Waals surface area contributed by atoms with Gasteiger partial charge in [0.25, 0.3) is 10.0 Å². The maximum absolute atomic E-state index is 12.5. The zero-order valence-electron chi connectivity index (χ0n) is 13.6. The fourth-order valence-corrected chi connectivity index (χ4v) is 3.52. The van der Waals surface area contributed by atoms with Gasteiger partial charge in [0.1, 0.15) is 5.82 Å². The predicted molar refractivity (Wildman–Crippen MR) is 93.6 cm³/mol. The lowest BCUT2D eigenvalue weighted by Crippen LogP contribution is -2.24. The van der Waals surface area contributed by atoms with Crippen molar-refractivity contribution >= 4 is 33.3 Å². The number of hydrogen-bond donors (Lipinski definition) is 1. The smallest absolute Gasteiger partial charge is 0.263 e. The van der Waals surface area contributed by atoms with Crippen LogP contribution in [0, 0.1) is 6.92 Å². The molecule has 1 aromatic carbocycles. The van der Waals surface area contributed by atoms with Crippen LogP contribution in [0.4, 0.5) is 5.82 Å². The van der Waals surface area contributed by atoms with Gasteiger partial charge in [-0.15, -0.1) is 0 Å². The Kier molecular flexibility index (Phi) is 5.46. The molecule has 0 fully saturated rings. The van der Waals surface area contributed by atoms with E-state index >= 15 is 0 Å². The summed E-state index contributed by atoms with van der Waals surface area (Å²) in [5.74, 6) is 0.0339. The van der Waals surface area contributed by atoms with Gasteiger partial charge in [-0.25, -0.2) is 13.4 Å². The summed E-state index contributed by atoms with van der Waals surface area (Å²) >= 11 is 5.99. The molecule has 2 aromatic rings. The van der Waals surface area contributed by atoms with Gasteiger partial charge >= 0.3 is 0 Å². The van der Waals surface area contributed by atoms with Crippen molar-refractivity contribution in [2.75, 3.05) is 18.8 Å². The number of anilines is 1. The van der Waals surface area contributed by atoms with E-state index in [4.69, 9.17) is 11.6 Å². The van der Waals surface area contributed by atoms with E-state index in [-0.39, 0.29) is 23.0 Å². The van der Waals surface area contributed by atoms with Crippen LogP contribution in [-0.2, 0) is 21.2 Å². The first kappa shape index (κ1) is 18.2. The van der Waals surface area contributed by atoms with Crippen LogP contribution in [0.2, 0.25) is 5.02 Å². The highest BCUT2D eigenvalue weighted by molar-refractivity contribution is 7.92. The number of nitrogens with zero attached hydrogens (tertiary/aromatic N) is 2. The summed E-state index contributed by atoms with van der Waals surface area (Å²) in [4.78, 5) is 17.5. The second kappa shape index (κ2) is 7.19. The van der Waals surface area contributed by atoms with Crippen LogP contribution >= 0.6 is 11.6 Å². The summed E-state index contributed by atoms with van der Waals surface area (Å²) in [5.41, 5.74) is 0.947. The van der Waals surface area contributed by atoms with E-state index in [1.807, 2.05) is 0 Å². The number of halogens is 1. The zero-order valence-corrected chi connectivity index (χ0v) is 15.1. The molecular weight excluding hydrogens is 350 g/mol. The molecule has 8 heteroatoms. The monoisotopic (exact) mass is 367 g/mol. The molecule has 0 aliphatic heterocycles. The Hall–Kier alpha value is -2.12. The van der Waals surface area contributed by atoms with Crippen molar-refractivity contribution in [3.8, 4) is 0 Å². The molecule has 24 heavy (non-hydrogen) atoms. The molecule has 1 amide bonds. The summed E-state index contributed by atoms with van der Waals surface area (Å²) in [5, 5.41) is 0.371. The first-order chi connectivity index (χ1) is 11.2. The SMILES string of the molecule is Cc1c(Cl)cccc1S(=O)(=O)Nc1cccc(CC(=O)N(C)C)n1. The Morgan fingerprint density at radius 2 is 1.88 bits per heavy atom. The third-order valence-corrected chi connectivity index (χ3v) is 5.29. The van der Waals surface area contributed by atoms with Gasteiger partial charge in [0.2, 0.25) is 5.91 Å². The minimum atomic E-state index is -3.82. The van der Waals surface area contributed by atoms with Gasteiger partial charge in [-0.1, -0.05) is 23.7 Å². The van der Waals surface area contributed by atoms with E-state index < -0.39 is 10.0 Å². The van der Waals surface area contributed by atoms with Gasteiger partial charge in [0, 0.05) is 19.1 Å². The maximum atomic E-state index is 12.5. The van der Waals surface area contributed by atoms with E-state index in [1.165, 1.54) is 17.0 Å². The molecule has 0 bridgehead atoms. The molecule has 2 rings (SSSR count). The largest absolute Gasteiger partial charge is 0.348 e. The van der Waals surface area contributed by atoms with Crippen LogP contribution in [0.25, 0.3) is 0 Å². The number of carbonyl (C=O) groups is 1. The van der Waals surface area contributed by atoms with E-state index in [2.05, 4.69) is 9.71 Å². The number of rotatable bonds is 5. The summed E-state index contributed by atoms with van der Waals surface area (Å²) in [6.45, 7) is 1.64. The Labute approximate surface area is 146 Å². The molecule has 128 valence electrons. The number of aromatic nitrogens is 1. The Bertz CT molecular complexity index is 867. The fraction of sp³-hybridized carbons (Fsp3) is 0.250. The molecule has 0 radical (unpaired) electrons. The lowest BCUT2D eigenvalue weighted by molar-refractivity contribution is -0.128. The fourth-order valence-electron chi connectivity index (χ4n) is 2.02. The molecule has 6 nitrogen and oxygen atoms in total. The van der Waals surface area contributed by atoms with Crippen molar-refractivity contribution in [3.05, 3.63) is 52.7 Å². The zero-order chi connectivity index (χ0) is 17.9. The maximum Gasteiger partial charge on any atom is 0.263 e. The normalized spacial score (nSPS) is 11.2. The molecule has 0 saturated carbocycles. The van der Waals surface area contributed by atoms with E-state index in [9.17, 15) is 13.2 Å². The van der Waals surface area contributed by atoms with Gasteiger partial charge < -0.3 is 4.90 Å². The second-order valence-corrected chi connectivity index (χ2v) is 7.51. The lowest BCUT2D eigenvalue weighted by Gasteiger charge is -2.12. The van der Waals surface area contributed by atoms with Crippen LogP contribution in [0.1, 0.15) is 11.3 Å². The molecule has 0 atom stereocenters. The topological polar surface area (TPSA) is 79.4 Å². The van der Waals surface area contributed by atoms with E-state index in [1.54, 1.807) is 45.3 Å². The lowest BCUT2D eigenvalue weighted by atomic mass is 10.2. The average Bonchev–Trinajstić information content (AvgIpc) is 2.49. The number of carbonyl (C=O) groups excluding carboxylic acids is 1. The average molecular weight is 368 g/mol. The summed E-state index contributed by atoms with van der Waals surface area (Å²) in [7, 11) is -0.521.